The van der Waals surface area contributed by atoms with Crippen molar-refractivity contribution in [1.29, 1.82) is 0 Å². The van der Waals surface area contributed by atoms with Gasteiger partial charge in [-0.25, -0.2) is 14.7 Å². The van der Waals surface area contributed by atoms with E-state index in [0.29, 0.717) is 11.1 Å². The van der Waals surface area contributed by atoms with Gasteiger partial charge in [-0.15, -0.1) is 11.8 Å². The minimum absolute atomic E-state index is 0.0361. The Morgan fingerprint density at radius 3 is 2.65 bits per heavy atom. The number of carbonyl (C=O) groups is 1. The molecule has 0 radical (unpaired) electrons. The van der Waals surface area contributed by atoms with Crippen molar-refractivity contribution in [3.63, 3.8) is 0 Å². The van der Waals surface area contributed by atoms with E-state index in [4.69, 9.17) is 8.83 Å². The van der Waals surface area contributed by atoms with Crippen LogP contribution < -0.4 is 10.5 Å². The third kappa shape index (κ3) is 3.36. The van der Waals surface area contributed by atoms with Crippen LogP contribution in [-0.2, 0) is 4.79 Å². The fourth-order valence-corrected chi connectivity index (χ4v) is 4.52. The molecule has 154 valence electrons. The maximum Gasteiger partial charge on any atom is 0.347 e. The number of oxazole rings is 1. The molecule has 1 aliphatic heterocycles. The first kappa shape index (κ1) is 19.1. The van der Waals surface area contributed by atoms with E-state index >= 15 is 0 Å². The van der Waals surface area contributed by atoms with Crippen LogP contribution >= 0.6 is 11.8 Å². The van der Waals surface area contributed by atoms with Crippen LogP contribution in [0, 0.1) is 10.1 Å². The normalized spacial score (nSPS) is 16.2. The Labute approximate surface area is 178 Å². The number of nitro benzene ring substituents is 1. The summed E-state index contributed by atoms with van der Waals surface area (Å²) in [7, 11) is 0. The zero-order valence-electron chi connectivity index (χ0n) is 15.8. The number of fused-ring (bicyclic) bond motifs is 1. The van der Waals surface area contributed by atoms with Crippen LogP contribution in [-0.4, -0.2) is 21.6 Å². The molecule has 1 atom stereocenters. The van der Waals surface area contributed by atoms with Crippen molar-refractivity contribution in [3.05, 3.63) is 86.9 Å². The van der Waals surface area contributed by atoms with Crippen LogP contribution in [0.5, 0.6) is 0 Å². The summed E-state index contributed by atoms with van der Waals surface area (Å²) < 4.78 is 11.1. The minimum atomic E-state index is -0.574. The lowest BCUT2D eigenvalue weighted by molar-refractivity contribution is -0.384. The Kier molecular flexibility index (Phi) is 4.55. The molecule has 2 aromatic carbocycles. The topological polar surface area (TPSA) is 120 Å². The SMILES string of the molecule is O=C1CSC(c2ccc([N+](=O)[O-])cc2)N1c1ncc(-c2cc3ccccc3oc2=O)o1. The van der Waals surface area contributed by atoms with E-state index in [1.54, 1.807) is 30.3 Å². The number of nitro groups is 1. The fourth-order valence-electron chi connectivity index (χ4n) is 3.37. The molecule has 0 spiro atoms. The third-order valence-corrected chi connectivity index (χ3v) is 6.08. The molecule has 0 N–H and O–H groups in total. The highest BCUT2D eigenvalue weighted by molar-refractivity contribution is 8.00. The molecule has 31 heavy (non-hydrogen) atoms. The molecule has 0 bridgehead atoms. The number of hydrogen-bond donors (Lipinski definition) is 0. The molecule has 1 saturated heterocycles. The highest BCUT2D eigenvalue weighted by Crippen LogP contribution is 2.42. The van der Waals surface area contributed by atoms with Gasteiger partial charge in [-0.3, -0.25) is 14.9 Å². The van der Waals surface area contributed by atoms with Crippen LogP contribution in [0.4, 0.5) is 11.7 Å². The summed E-state index contributed by atoms with van der Waals surface area (Å²) in [6.45, 7) is 0. The van der Waals surface area contributed by atoms with Gasteiger partial charge in [0.1, 0.15) is 16.5 Å². The number of carbonyl (C=O) groups excluding carboxylic acids is 1. The van der Waals surface area contributed by atoms with E-state index < -0.39 is 15.9 Å². The lowest BCUT2D eigenvalue weighted by Gasteiger charge is -2.20. The van der Waals surface area contributed by atoms with Crippen molar-refractivity contribution in [2.24, 2.45) is 0 Å². The predicted molar refractivity (Wildman–Crippen MR) is 114 cm³/mol. The second-order valence-electron chi connectivity index (χ2n) is 6.77. The van der Waals surface area contributed by atoms with Gasteiger partial charge in [-0.2, -0.15) is 0 Å². The van der Waals surface area contributed by atoms with E-state index in [1.165, 1.54) is 35.0 Å². The van der Waals surface area contributed by atoms with E-state index in [9.17, 15) is 19.7 Å². The fraction of sp³-hybridized carbons (Fsp3) is 0.0952. The van der Waals surface area contributed by atoms with Gasteiger partial charge in [-0.05, 0) is 29.8 Å². The van der Waals surface area contributed by atoms with E-state index in [-0.39, 0.29) is 34.7 Å². The largest absolute Gasteiger partial charge is 0.423 e. The number of para-hydroxylation sites is 1. The Balaban J connectivity index is 1.50. The molecule has 1 fully saturated rings. The van der Waals surface area contributed by atoms with Crippen molar-refractivity contribution in [2.75, 3.05) is 10.7 Å². The molecule has 4 aromatic rings. The lowest BCUT2D eigenvalue weighted by Crippen LogP contribution is -2.28. The average molecular weight is 435 g/mol. The molecule has 2 aromatic heterocycles. The third-order valence-electron chi connectivity index (χ3n) is 4.86. The number of rotatable bonds is 4. The van der Waals surface area contributed by atoms with Crippen molar-refractivity contribution in [1.82, 2.24) is 4.98 Å². The Morgan fingerprint density at radius 1 is 1.10 bits per heavy atom. The monoisotopic (exact) mass is 435 g/mol. The number of benzene rings is 2. The average Bonchev–Trinajstić information content (AvgIpc) is 3.40. The summed E-state index contributed by atoms with van der Waals surface area (Å²) in [5.74, 6) is 0.172. The molecule has 1 unspecified atom stereocenters. The minimum Gasteiger partial charge on any atom is -0.423 e. The first-order valence-electron chi connectivity index (χ1n) is 9.18. The van der Waals surface area contributed by atoms with Gasteiger partial charge >= 0.3 is 11.6 Å². The van der Waals surface area contributed by atoms with Gasteiger partial charge in [0.15, 0.2) is 5.76 Å². The maximum atomic E-state index is 12.5. The van der Waals surface area contributed by atoms with Gasteiger partial charge in [0.2, 0.25) is 5.91 Å². The molecule has 0 saturated carbocycles. The van der Waals surface area contributed by atoms with Crippen LogP contribution in [0.15, 0.2) is 74.4 Å². The molecule has 10 heteroatoms. The van der Waals surface area contributed by atoms with E-state index in [2.05, 4.69) is 4.98 Å². The number of anilines is 1. The van der Waals surface area contributed by atoms with E-state index in [0.717, 1.165) is 5.39 Å². The van der Waals surface area contributed by atoms with Crippen LogP contribution in [0.2, 0.25) is 0 Å². The van der Waals surface area contributed by atoms with E-state index in [1.807, 2.05) is 12.1 Å². The smallest absolute Gasteiger partial charge is 0.347 e. The zero-order valence-corrected chi connectivity index (χ0v) is 16.6. The Bertz CT molecular complexity index is 1380. The number of hydrogen-bond acceptors (Lipinski definition) is 8. The molecule has 0 aliphatic carbocycles. The van der Waals surface area contributed by atoms with Crippen molar-refractivity contribution in [3.8, 4) is 11.3 Å². The van der Waals surface area contributed by atoms with Crippen molar-refractivity contribution in [2.45, 2.75) is 5.37 Å². The van der Waals surface area contributed by atoms with Crippen LogP contribution in [0.1, 0.15) is 10.9 Å². The Morgan fingerprint density at radius 2 is 1.87 bits per heavy atom. The number of nitrogens with zero attached hydrogens (tertiary/aromatic N) is 3. The van der Waals surface area contributed by atoms with Crippen molar-refractivity contribution >= 4 is 40.3 Å². The quantitative estimate of drug-likeness (QED) is 0.267. The molecule has 5 rings (SSSR count). The predicted octanol–water partition coefficient (Wildman–Crippen LogP) is 4.13. The first-order chi connectivity index (χ1) is 15.0. The molecule has 1 aliphatic rings. The van der Waals surface area contributed by atoms with Crippen LogP contribution in [0.3, 0.4) is 0 Å². The summed E-state index contributed by atoms with van der Waals surface area (Å²) in [5.41, 5.74) is 0.747. The summed E-state index contributed by atoms with van der Waals surface area (Å²) in [5, 5.41) is 11.2. The maximum absolute atomic E-state index is 12.5. The number of aromatic nitrogens is 1. The zero-order chi connectivity index (χ0) is 21.5. The molecule has 1 amide bonds. The van der Waals surface area contributed by atoms with Crippen LogP contribution in [0.25, 0.3) is 22.3 Å². The number of non-ortho nitro benzene ring substituents is 1. The lowest BCUT2D eigenvalue weighted by atomic mass is 10.1. The number of amides is 1. The standard InChI is InChI=1S/C21H13N3O6S/c25-18-11-31-19(12-5-7-14(8-6-12)24(27)28)23(18)21-22-10-17(30-21)15-9-13-3-1-2-4-16(13)29-20(15)26/h1-10,19H,11H2. The van der Waals surface area contributed by atoms with Gasteiger partial charge in [0, 0.05) is 17.5 Å². The second kappa shape index (κ2) is 7.40. The van der Waals surface area contributed by atoms with Gasteiger partial charge in [0.25, 0.3) is 5.69 Å². The Hall–Kier alpha value is -3.92. The molecule has 3 heterocycles. The summed E-state index contributed by atoms with van der Waals surface area (Å²) in [6.07, 6.45) is 1.37. The van der Waals surface area contributed by atoms with Gasteiger partial charge in [0.05, 0.1) is 16.9 Å². The highest BCUT2D eigenvalue weighted by Gasteiger charge is 2.37. The summed E-state index contributed by atoms with van der Waals surface area (Å²) >= 11 is 1.36. The molecular formula is C21H13N3O6S. The van der Waals surface area contributed by atoms with Gasteiger partial charge in [-0.1, -0.05) is 18.2 Å². The highest BCUT2D eigenvalue weighted by atomic mass is 32.2. The molecular weight excluding hydrogens is 422 g/mol. The second-order valence-corrected chi connectivity index (χ2v) is 7.84. The molecule has 9 nitrogen and oxygen atoms in total. The van der Waals surface area contributed by atoms with Crippen molar-refractivity contribution < 1.29 is 18.6 Å². The number of thioether (sulfide) groups is 1. The summed E-state index contributed by atoms with van der Waals surface area (Å²) in [6, 6.07) is 14.8. The summed E-state index contributed by atoms with van der Waals surface area (Å²) in [4.78, 5) is 40.9. The first-order valence-corrected chi connectivity index (χ1v) is 10.2. The van der Waals surface area contributed by atoms with Gasteiger partial charge < -0.3 is 8.83 Å².